The van der Waals surface area contributed by atoms with Crippen LogP contribution in [0.1, 0.15) is 29.9 Å². The summed E-state index contributed by atoms with van der Waals surface area (Å²) in [5.74, 6) is 1.63. The molecule has 0 fully saturated rings. The van der Waals surface area contributed by atoms with Gasteiger partial charge >= 0.3 is 0 Å². The van der Waals surface area contributed by atoms with Gasteiger partial charge in [-0.1, -0.05) is 84.4 Å². The molecule has 0 radical (unpaired) electrons. The van der Waals surface area contributed by atoms with Gasteiger partial charge in [-0.2, -0.15) is 0 Å². The smallest absolute Gasteiger partial charge is 0.224 e. The van der Waals surface area contributed by atoms with Gasteiger partial charge in [0.2, 0.25) is 5.91 Å². The number of fused-ring (bicyclic) bond motifs is 1. The summed E-state index contributed by atoms with van der Waals surface area (Å²) in [6.45, 7) is 5.17. The van der Waals surface area contributed by atoms with Crippen LogP contribution in [0.2, 0.25) is 0 Å². The fraction of sp³-hybridized carbons (Fsp3) is 0.188. The molecule has 1 N–H and O–H groups in total. The van der Waals surface area contributed by atoms with E-state index in [1.807, 2.05) is 79.7 Å². The fourth-order valence-electron chi connectivity index (χ4n) is 4.54. The number of nitrogens with one attached hydrogen (secondary N) is 1. The van der Waals surface area contributed by atoms with E-state index in [-0.39, 0.29) is 11.9 Å². The van der Waals surface area contributed by atoms with Crippen molar-refractivity contribution in [1.82, 2.24) is 14.9 Å². The summed E-state index contributed by atoms with van der Waals surface area (Å²) in [5.41, 5.74) is 6.42. The Hall–Kier alpha value is -4.38. The fourth-order valence-corrected chi connectivity index (χ4v) is 4.54. The van der Waals surface area contributed by atoms with Crippen molar-refractivity contribution < 1.29 is 9.53 Å². The molecular weight excluding hydrogens is 458 g/mol. The van der Waals surface area contributed by atoms with Crippen molar-refractivity contribution in [3.63, 3.8) is 0 Å². The number of benzene rings is 4. The minimum atomic E-state index is -0.247. The molecule has 4 aromatic carbocycles. The summed E-state index contributed by atoms with van der Waals surface area (Å²) >= 11 is 0. The minimum Gasteiger partial charge on any atom is -0.492 e. The lowest BCUT2D eigenvalue weighted by Crippen LogP contribution is -2.30. The van der Waals surface area contributed by atoms with E-state index in [0.29, 0.717) is 19.6 Å². The molecule has 0 aliphatic carbocycles. The third-order valence-electron chi connectivity index (χ3n) is 6.48. The second-order valence-electron chi connectivity index (χ2n) is 9.30. The van der Waals surface area contributed by atoms with E-state index in [4.69, 9.17) is 9.72 Å². The average molecular weight is 490 g/mol. The van der Waals surface area contributed by atoms with E-state index in [1.165, 1.54) is 5.56 Å². The number of hydrogen-bond donors (Lipinski definition) is 1. The normalized spacial score (nSPS) is 11.8. The topological polar surface area (TPSA) is 56.1 Å². The Morgan fingerprint density at radius 3 is 2.30 bits per heavy atom. The number of hydrogen-bond acceptors (Lipinski definition) is 3. The Balaban J connectivity index is 1.25. The first kappa shape index (κ1) is 24.3. The number of aryl methyl sites for hydroxylation is 1. The number of imidazole rings is 1. The molecule has 0 spiro atoms. The number of ether oxygens (including phenoxy) is 1. The quantitative estimate of drug-likeness (QED) is 0.257. The summed E-state index contributed by atoms with van der Waals surface area (Å²) in [6.07, 6.45) is 0.316. The van der Waals surface area contributed by atoms with Gasteiger partial charge in [0.25, 0.3) is 0 Å². The van der Waals surface area contributed by atoms with E-state index < -0.39 is 0 Å². The Kier molecular flexibility index (Phi) is 7.31. The lowest BCUT2D eigenvalue weighted by atomic mass is 10.0. The first-order valence-electron chi connectivity index (χ1n) is 12.7. The highest BCUT2D eigenvalue weighted by atomic mass is 16.5. The average Bonchev–Trinajstić information content (AvgIpc) is 3.29. The first-order chi connectivity index (χ1) is 18.1. The van der Waals surface area contributed by atoms with Crippen LogP contribution in [-0.2, 0) is 17.8 Å². The van der Waals surface area contributed by atoms with Crippen molar-refractivity contribution in [2.24, 2.45) is 0 Å². The van der Waals surface area contributed by atoms with Gasteiger partial charge in [-0.3, -0.25) is 4.79 Å². The molecule has 0 saturated heterocycles. The van der Waals surface area contributed by atoms with Crippen molar-refractivity contribution in [2.75, 3.05) is 6.61 Å². The van der Waals surface area contributed by atoms with Gasteiger partial charge < -0.3 is 14.6 Å². The maximum absolute atomic E-state index is 12.9. The number of para-hydroxylation sites is 2. The Labute approximate surface area is 217 Å². The molecule has 0 aliphatic heterocycles. The van der Waals surface area contributed by atoms with Crippen molar-refractivity contribution in [3.8, 4) is 16.9 Å². The third-order valence-corrected chi connectivity index (χ3v) is 6.48. The zero-order chi connectivity index (χ0) is 25.6. The first-order valence-corrected chi connectivity index (χ1v) is 12.7. The molecule has 186 valence electrons. The molecule has 1 amide bonds. The van der Waals surface area contributed by atoms with E-state index in [9.17, 15) is 4.79 Å². The zero-order valence-electron chi connectivity index (χ0n) is 21.2. The van der Waals surface area contributed by atoms with Crippen molar-refractivity contribution in [2.45, 2.75) is 32.9 Å². The molecule has 0 aliphatic rings. The highest BCUT2D eigenvalue weighted by molar-refractivity contribution is 5.80. The minimum absolute atomic E-state index is 0.0329. The Morgan fingerprint density at radius 1 is 0.865 bits per heavy atom. The van der Waals surface area contributed by atoms with Crippen molar-refractivity contribution in [1.29, 1.82) is 0 Å². The van der Waals surface area contributed by atoms with Crippen molar-refractivity contribution in [3.05, 3.63) is 120 Å². The summed E-state index contributed by atoms with van der Waals surface area (Å²) in [6, 6.07) is 34.2. The molecule has 5 heteroatoms. The second-order valence-corrected chi connectivity index (χ2v) is 9.30. The monoisotopic (exact) mass is 489 g/mol. The van der Waals surface area contributed by atoms with Crippen LogP contribution < -0.4 is 10.1 Å². The van der Waals surface area contributed by atoms with Gasteiger partial charge in [0.15, 0.2) is 0 Å². The molecule has 1 heterocycles. The van der Waals surface area contributed by atoms with Crippen LogP contribution >= 0.6 is 0 Å². The van der Waals surface area contributed by atoms with E-state index in [0.717, 1.165) is 39.3 Å². The predicted octanol–water partition coefficient (Wildman–Crippen LogP) is 6.51. The van der Waals surface area contributed by atoms with Gasteiger partial charge in [0.05, 0.1) is 30.0 Å². The highest BCUT2D eigenvalue weighted by Crippen LogP contribution is 2.22. The molecule has 37 heavy (non-hydrogen) atoms. The number of carbonyl (C=O) groups excluding carboxylic acids is 1. The van der Waals surface area contributed by atoms with Gasteiger partial charge in [0.1, 0.15) is 18.2 Å². The van der Waals surface area contributed by atoms with Crippen LogP contribution in [-0.4, -0.2) is 22.1 Å². The third kappa shape index (κ3) is 5.89. The Morgan fingerprint density at radius 2 is 1.54 bits per heavy atom. The summed E-state index contributed by atoms with van der Waals surface area (Å²) in [4.78, 5) is 17.8. The maximum atomic E-state index is 12.9. The summed E-state index contributed by atoms with van der Waals surface area (Å²) in [5, 5.41) is 3.14. The molecule has 5 aromatic rings. The maximum Gasteiger partial charge on any atom is 0.224 e. The zero-order valence-corrected chi connectivity index (χ0v) is 21.2. The molecule has 0 saturated carbocycles. The van der Waals surface area contributed by atoms with Crippen molar-refractivity contribution >= 4 is 16.9 Å². The van der Waals surface area contributed by atoms with Gasteiger partial charge in [-0.25, -0.2) is 4.98 Å². The van der Waals surface area contributed by atoms with E-state index in [2.05, 4.69) is 47.1 Å². The molecule has 1 atom stereocenters. The SMILES string of the molecule is Cc1ccc(OCCn2c(C(C)NC(=O)Cc3ccc(-c4ccccc4)cc3)nc3ccccc32)cc1. The predicted molar refractivity (Wildman–Crippen MR) is 149 cm³/mol. The molecule has 5 rings (SSSR count). The second kappa shape index (κ2) is 11.1. The standard InChI is InChI=1S/C32H31N3O2/c1-23-12-18-28(19-13-23)37-21-20-35-30-11-7-6-10-29(30)34-32(35)24(2)33-31(36)22-25-14-16-27(17-15-25)26-8-4-3-5-9-26/h3-19,24H,20-22H2,1-2H3,(H,33,36). The largest absolute Gasteiger partial charge is 0.492 e. The van der Waals surface area contributed by atoms with Crippen LogP contribution in [0, 0.1) is 6.92 Å². The number of nitrogens with zero attached hydrogens (tertiary/aromatic N) is 2. The lowest BCUT2D eigenvalue weighted by Gasteiger charge is -2.17. The van der Waals surface area contributed by atoms with Crippen LogP contribution in [0.4, 0.5) is 0 Å². The molecule has 1 aromatic heterocycles. The molecule has 5 nitrogen and oxygen atoms in total. The highest BCUT2D eigenvalue weighted by Gasteiger charge is 2.18. The van der Waals surface area contributed by atoms with E-state index in [1.54, 1.807) is 0 Å². The van der Waals surface area contributed by atoms with E-state index >= 15 is 0 Å². The summed E-state index contributed by atoms with van der Waals surface area (Å²) < 4.78 is 8.13. The van der Waals surface area contributed by atoms with Crippen LogP contribution in [0.25, 0.3) is 22.2 Å². The number of carbonyl (C=O) groups is 1. The van der Waals surface area contributed by atoms with Crippen LogP contribution in [0.15, 0.2) is 103 Å². The summed E-state index contributed by atoms with van der Waals surface area (Å²) in [7, 11) is 0. The number of rotatable bonds is 9. The Bertz CT molecular complexity index is 1470. The van der Waals surface area contributed by atoms with Crippen LogP contribution in [0.5, 0.6) is 5.75 Å². The number of aromatic nitrogens is 2. The van der Waals surface area contributed by atoms with Crippen LogP contribution in [0.3, 0.4) is 0 Å². The molecular formula is C32H31N3O2. The molecule has 1 unspecified atom stereocenters. The van der Waals surface area contributed by atoms with Gasteiger partial charge in [0, 0.05) is 0 Å². The van der Waals surface area contributed by atoms with Gasteiger partial charge in [-0.05, 0) is 54.8 Å². The number of amides is 1. The van der Waals surface area contributed by atoms with Gasteiger partial charge in [-0.15, -0.1) is 0 Å². The molecule has 0 bridgehead atoms. The lowest BCUT2D eigenvalue weighted by molar-refractivity contribution is -0.121.